The van der Waals surface area contributed by atoms with E-state index in [1.165, 1.54) is 6.20 Å². The normalized spacial score (nSPS) is 10.5. The van der Waals surface area contributed by atoms with Crippen molar-refractivity contribution in [2.24, 2.45) is 0 Å². The molecule has 10 heavy (non-hydrogen) atoms. The predicted octanol–water partition coefficient (Wildman–Crippen LogP) is 1.77. The topological polar surface area (TPSA) is 17.8 Å². The minimum absolute atomic E-state index is 0.324. The van der Waals surface area contributed by atoms with Crippen LogP contribution in [0.5, 0.6) is 0 Å². The van der Waals surface area contributed by atoms with Gasteiger partial charge in [-0.25, -0.2) is 0 Å². The molecule has 50 valence electrons. The van der Waals surface area contributed by atoms with E-state index < -0.39 is 0 Å². The molecule has 0 radical (unpaired) electrons. The summed E-state index contributed by atoms with van der Waals surface area (Å²) in [5, 5.41) is 4.39. The first-order valence-corrected chi connectivity index (χ1v) is 2.97. The maximum Gasteiger partial charge on any atom is 0.0952 e. The molecule has 0 N–H and O–H groups in total. The van der Waals surface area contributed by atoms with Gasteiger partial charge in [-0.3, -0.25) is 0 Å². The summed E-state index contributed by atoms with van der Waals surface area (Å²) in [6, 6.07) is 7.27. The average Bonchev–Trinajstić information content (AvgIpc) is 2.27. The van der Waals surface area contributed by atoms with Gasteiger partial charge >= 0.3 is 0 Å². The number of hydrogen-bond donors (Lipinski definition) is 0. The summed E-state index contributed by atoms with van der Waals surface area (Å²) < 4.78 is 12.3. The van der Waals surface area contributed by atoms with Crippen molar-refractivity contribution in [1.29, 1.82) is 0 Å². The highest BCUT2D eigenvalue weighted by atomic mass is 19.2. The molecular weight excluding hydrogens is 131 g/mol. The molecule has 1 heterocycles. The summed E-state index contributed by atoms with van der Waals surface area (Å²) in [7, 11) is 0. The van der Waals surface area contributed by atoms with E-state index in [-0.39, 0.29) is 0 Å². The van der Waals surface area contributed by atoms with E-state index in [0.717, 1.165) is 5.39 Å². The summed E-state index contributed by atoms with van der Waals surface area (Å²) in [5.74, 6) is 0. The van der Waals surface area contributed by atoms with Crippen LogP contribution in [0.15, 0.2) is 30.5 Å². The molecule has 0 atom stereocenters. The van der Waals surface area contributed by atoms with Gasteiger partial charge < -0.3 is 0 Å². The van der Waals surface area contributed by atoms with Gasteiger partial charge in [0.05, 0.1) is 11.7 Å². The van der Waals surface area contributed by atoms with Crippen molar-refractivity contribution in [3.63, 3.8) is 0 Å². The van der Waals surface area contributed by atoms with Gasteiger partial charge in [-0.2, -0.15) is 0 Å². The quantitative estimate of drug-likeness (QED) is 0.539. The molecule has 2 aromatic rings. The van der Waals surface area contributed by atoms with Crippen LogP contribution in [-0.4, -0.2) is 10.0 Å². The van der Waals surface area contributed by atoms with Gasteiger partial charge in [0, 0.05) is 5.39 Å². The highest BCUT2D eigenvalue weighted by molar-refractivity contribution is 5.77. The van der Waals surface area contributed by atoms with Gasteiger partial charge in [-0.05, 0) is 6.07 Å². The molecule has 1 aromatic carbocycles. The number of nitrogens with zero attached hydrogens (tertiary/aromatic N) is 2. The van der Waals surface area contributed by atoms with Crippen LogP contribution in [0.1, 0.15) is 0 Å². The minimum atomic E-state index is 0.324. The fraction of sp³-hybridized carbons (Fsp3) is 0. The summed E-state index contributed by atoms with van der Waals surface area (Å²) in [6.07, 6.45) is 1.34. The molecule has 1 aromatic heterocycles. The molecule has 0 saturated heterocycles. The van der Waals surface area contributed by atoms with Gasteiger partial charge in [-0.15, -0.1) is 10.0 Å². The Kier molecular flexibility index (Phi) is 0.974. The fourth-order valence-electron chi connectivity index (χ4n) is 0.934. The van der Waals surface area contributed by atoms with Crippen molar-refractivity contribution in [1.82, 2.24) is 10.0 Å². The van der Waals surface area contributed by atoms with E-state index in [9.17, 15) is 4.48 Å². The third kappa shape index (κ3) is 0.673. The lowest BCUT2D eigenvalue weighted by Gasteiger charge is -1.79. The van der Waals surface area contributed by atoms with E-state index in [1.807, 2.05) is 18.2 Å². The summed E-state index contributed by atoms with van der Waals surface area (Å²) in [4.78, 5) is 0.324. The second-order valence-corrected chi connectivity index (χ2v) is 2.08. The van der Waals surface area contributed by atoms with Crippen molar-refractivity contribution >= 4 is 10.9 Å². The van der Waals surface area contributed by atoms with Gasteiger partial charge in [0.25, 0.3) is 0 Å². The van der Waals surface area contributed by atoms with Crippen LogP contribution in [0.3, 0.4) is 0 Å². The molecule has 0 fully saturated rings. The van der Waals surface area contributed by atoms with E-state index in [0.29, 0.717) is 10.4 Å². The fourth-order valence-corrected chi connectivity index (χ4v) is 0.934. The summed E-state index contributed by atoms with van der Waals surface area (Å²) in [5.41, 5.74) is 0.685. The molecule has 0 amide bonds. The first kappa shape index (κ1) is 5.41. The molecule has 0 aliphatic carbocycles. The van der Waals surface area contributed by atoms with E-state index in [4.69, 9.17) is 0 Å². The van der Waals surface area contributed by atoms with E-state index >= 15 is 0 Å². The number of benzene rings is 1. The summed E-state index contributed by atoms with van der Waals surface area (Å²) >= 11 is 0. The first-order chi connectivity index (χ1) is 4.86. The Morgan fingerprint density at radius 1 is 1.30 bits per heavy atom. The van der Waals surface area contributed by atoms with Crippen molar-refractivity contribution in [2.75, 3.05) is 0 Å². The average molecular weight is 136 g/mol. The zero-order valence-electron chi connectivity index (χ0n) is 5.16. The molecule has 0 aliphatic heterocycles. The van der Waals surface area contributed by atoms with Gasteiger partial charge in [0.1, 0.15) is 0 Å². The van der Waals surface area contributed by atoms with Crippen molar-refractivity contribution in [3.05, 3.63) is 30.5 Å². The lowest BCUT2D eigenvalue weighted by atomic mass is 10.3. The number of aromatic nitrogens is 2. The Morgan fingerprint density at radius 2 is 2.10 bits per heavy atom. The zero-order chi connectivity index (χ0) is 6.97. The van der Waals surface area contributed by atoms with Crippen LogP contribution in [0.25, 0.3) is 10.9 Å². The van der Waals surface area contributed by atoms with Crippen molar-refractivity contribution in [2.45, 2.75) is 0 Å². The zero-order valence-corrected chi connectivity index (χ0v) is 5.16. The molecule has 0 spiro atoms. The number of hydrogen-bond acceptors (Lipinski definition) is 1. The third-order valence-corrected chi connectivity index (χ3v) is 1.39. The highest BCUT2D eigenvalue weighted by Crippen LogP contribution is 2.09. The van der Waals surface area contributed by atoms with Gasteiger partial charge in [0.2, 0.25) is 0 Å². The number of fused-ring (bicyclic) bond motifs is 1. The Labute approximate surface area is 56.8 Å². The van der Waals surface area contributed by atoms with Crippen LogP contribution in [0.2, 0.25) is 0 Å². The molecule has 2 rings (SSSR count). The molecule has 0 unspecified atom stereocenters. The highest BCUT2D eigenvalue weighted by Gasteiger charge is 1.95. The monoisotopic (exact) mass is 136 g/mol. The molecular formula is C7H5FN2. The predicted molar refractivity (Wildman–Crippen MR) is 36.2 cm³/mol. The van der Waals surface area contributed by atoms with Crippen molar-refractivity contribution < 1.29 is 4.48 Å². The number of halogens is 1. The Hall–Kier alpha value is -1.38. The van der Waals surface area contributed by atoms with Crippen LogP contribution in [-0.2, 0) is 0 Å². The molecule has 2 nitrogen and oxygen atoms in total. The SMILES string of the molecule is Fn1cc2ccccc2n1. The minimum Gasteiger partial charge on any atom is -0.142 e. The molecule has 0 aliphatic rings. The second-order valence-electron chi connectivity index (χ2n) is 2.08. The third-order valence-electron chi connectivity index (χ3n) is 1.39. The van der Waals surface area contributed by atoms with Gasteiger partial charge in [-0.1, -0.05) is 22.7 Å². The van der Waals surface area contributed by atoms with Crippen LogP contribution in [0.4, 0.5) is 4.48 Å². The van der Waals surface area contributed by atoms with E-state index in [2.05, 4.69) is 5.10 Å². The van der Waals surface area contributed by atoms with Gasteiger partial charge in [0.15, 0.2) is 0 Å². The van der Waals surface area contributed by atoms with Crippen LogP contribution in [0, 0.1) is 0 Å². The lowest BCUT2D eigenvalue weighted by Crippen LogP contribution is -1.77. The Morgan fingerprint density at radius 3 is 2.90 bits per heavy atom. The standard InChI is InChI=1S/C7H5FN2/c8-10-5-6-3-1-2-4-7(6)9-10/h1-5H. The van der Waals surface area contributed by atoms with Crippen molar-refractivity contribution in [3.8, 4) is 0 Å². The largest absolute Gasteiger partial charge is 0.142 e. The Bertz CT molecular complexity index is 320. The van der Waals surface area contributed by atoms with Crippen LogP contribution < -0.4 is 0 Å². The molecule has 0 bridgehead atoms. The van der Waals surface area contributed by atoms with Crippen LogP contribution >= 0.6 is 0 Å². The maximum absolute atomic E-state index is 12.3. The lowest BCUT2D eigenvalue weighted by molar-refractivity contribution is 0.320. The molecule has 0 saturated carbocycles. The molecule has 3 heteroatoms. The van der Waals surface area contributed by atoms with E-state index in [1.54, 1.807) is 6.07 Å². The summed E-state index contributed by atoms with van der Waals surface area (Å²) in [6.45, 7) is 0. The Balaban J connectivity index is 2.88. The number of rotatable bonds is 0. The second kappa shape index (κ2) is 1.80. The maximum atomic E-state index is 12.3. The smallest absolute Gasteiger partial charge is 0.0952 e. The first-order valence-electron chi connectivity index (χ1n) is 2.97.